The quantitative estimate of drug-likeness (QED) is 0.923. The molecule has 19 heavy (non-hydrogen) atoms. The molecule has 2 N–H and O–H groups in total. The number of anilines is 1. The molecule has 0 aliphatic rings. The summed E-state index contributed by atoms with van der Waals surface area (Å²) >= 11 is 5.96. The van der Waals surface area contributed by atoms with E-state index in [-0.39, 0.29) is 11.8 Å². The first kappa shape index (κ1) is 13.6. The van der Waals surface area contributed by atoms with Crippen LogP contribution in [0.5, 0.6) is 11.6 Å². The first-order valence-electron chi connectivity index (χ1n) is 6.04. The Kier molecular flexibility index (Phi) is 3.90. The molecule has 0 saturated heterocycles. The van der Waals surface area contributed by atoms with Crippen LogP contribution in [-0.4, -0.2) is 9.97 Å². The molecule has 1 heterocycles. The van der Waals surface area contributed by atoms with Crippen molar-refractivity contribution in [3.05, 3.63) is 40.5 Å². The van der Waals surface area contributed by atoms with Crippen molar-refractivity contribution in [2.45, 2.75) is 26.7 Å². The van der Waals surface area contributed by atoms with Crippen LogP contribution in [0, 0.1) is 6.92 Å². The van der Waals surface area contributed by atoms with Crippen LogP contribution in [0.15, 0.2) is 24.4 Å². The molecule has 0 aliphatic heterocycles. The molecule has 0 atom stereocenters. The van der Waals surface area contributed by atoms with E-state index in [0.29, 0.717) is 16.7 Å². The first-order valence-corrected chi connectivity index (χ1v) is 6.41. The molecular weight excluding hydrogens is 262 g/mol. The van der Waals surface area contributed by atoms with Gasteiger partial charge in [-0.2, -0.15) is 4.98 Å². The number of rotatable bonds is 3. The number of hydrogen-bond donors (Lipinski definition) is 1. The van der Waals surface area contributed by atoms with E-state index >= 15 is 0 Å². The minimum absolute atomic E-state index is 0.134. The van der Waals surface area contributed by atoms with Crippen LogP contribution in [0.1, 0.15) is 30.9 Å². The summed E-state index contributed by atoms with van der Waals surface area (Å²) < 4.78 is 5.64. The molecule has 0 bridgehead atoms. The van der Waals surface area contributed by atoms with Crippen molar-refractivity contribution in [1.82, 2.24) is 9.97 Å². The third kappa shape index (κ3) is 3.15. The lowest BCUT2D eigenvalue weighted by atomic mass is 9.98. The lowest BCUT2D eigenvalue weighted by Crippen LogP contribution is -1.98. The third-order valence-electron chi connectivity index (χ3n) is 2.81. The summed E-state index contributed by atoms with van der Waals surface area (Å²) in [7, 11) is 0. The number of aryl methyl sites for hydroxylation is 1. The smallest absolute Gasteiger partial charge is 0.243 e. The summed E-state index contributed by atoms with van der Waals surface area (Å²) in [5, 5.41) is 0.333. The molecule has 1 aromatic heterocycles. The standard InChI is InChI=1S/C14H16ClN3O/c1-8(2)11-5-4-10(6-9(11)3)19-13-12(15)7-17-14(16)18-13/h4-8H,1-3H3,(H2,16,17,18). The van der Waals surface area contributed by atoms with Gasteiger partial charge >= 0.3 is 0 Å². The summed E-state index contributed by atoms with van der Waals surface area (Å²) in [6.45, 7) is 6.37. The highest BCUT2D eigenvalue weighted by atomic mass is 35.5. The summed E-state index contributed by atoms with van der Waals surface area (Å²) in [6.07, 6.45) is 1.43. The number of halogens is 1. The van der Waals surface area contributed by atoms with Crippen molar-refractivity contribution in [1.29, 1.82) is 0 Å². The first-order chi connectivity index (χ1) is 8.97. The van der Waals surface area contributed by atoms with Crippen molar-refractivity contribution in [2.24, 2.45) is 0 Å². The number of nitrogens with zero attached hydrogens (tertiary/aromatic N) is 2. The Morgan fingerprint density at radius 2 is 2.05 bits per heavy atom. The van der Waals surface area contributed by atoms with Gasteiger partial charge in [-0.05, 0) is 36.1 Å². The molecule has 0 saturated carbocycles. The van der Waals surface area contributed by atoms with Crippen molar-refractivity contribution >= 4 is 17.5 Å². The Hall–Kier alpha value is -1.81. The van der Waals surface area contributed by atoms with Crippen LogP contribution in [-0.2, 0) is 0 Å². The van der Waals surface area contributed by atoms with Gasteiger partial charge in [-0.1, -0.05) is 31.5 Å². The van der Waals surface area contributed by atoms with Gasteiger partial charge in [-0.25, -0.2) is 4.98 Å². The van der Waals surface area contributed by atoms with Crippen molar-refractivity contribution in [3.8, 4) is 11.6 Å². The topological polar surface area (TPSA) is 61.0 Å². The fourth-order valence-corrected chi connectivity index (χ4v) is 2.04. The highest BCUT2D eigenvalue weighted by Gasteiger charge is 2.09. The number of benzene rings is 1. The lowest BCUT2D eigenvalue weighted by molar-refractivity contribution is 0.462. The monoisotopic (exact) mass is 277 g/mol. The summed E-state index contributed by atoms with van der Waals surface area (Å²) in [4.78, 5) is 7.76. The number of aromatic nitrogens is 2. The second-order valence-corrected chi connectivity index (χ2v) is 5.06. The summed E-state index contributed by atoms with van der Waals surface area (Å²) in [5.74, 6) is 1.56. The fourth-order valence-electron chi connectivity index (χ4n) is 1.91. The zero-order valence-electron chi connectivity index (χ0n) is 11.1. The minimum Gasteiger partial charge on any atom is -0.437 e. The molecule has 2 rings (SSSR count). The molecule has 5 heteroatoms. The largest absolute Gasteiger partial charge is 0.437 e. The average Bonchev–Trinajstić information content (AvgIpc) is 2.33. The van der Waals surface area contributed by atoms with E-state index < -0.39 is 0 Å². The second-order valence-electron chi connectivity index (χ2n) is 4.66. The van der Waals surface area contributed by atoms with Gasteiger partial charge in [-0.3, -0.25) is 0 Å². The normalized spacial score (nSPS) is 10.8. The van der Waals surface area contributed by atoms with Crippen LogP contribution >= 0.6 is 11.6 Å². The SMILES string of the molecule is Cc1cc(Oc2nc(N)ncc2Cl)ccc1C(C)C. The van der Waals surface area contributed by atoms with Gasteiger partial charge < -0.3 is 10.5 Å². The van der Waals surface area contributed by atoms with E-state index in [9.17, 15) is 0 Å². The predicted octanol–water partition coefficient (Wildman–Crippen LogP) is 3.94. The van der Waals surface area contributed by atoms with Gasteiger partial charge in [0.1, 0.15) is 10.8 Å². The minimum atomic E-state index is 0.134. The molecule has 0 radical (unpaired) electrons. The predicted molar refractivity (Wildman–Crippen MR) is 76.8 cm³/mol. The van der Waals surface area contributed by atoms with Gasteiger partial charge in [-0.15, -0.1) is 0 Å². The van der Waals surface area contributed by atoms with E-state index in [2.05, 4.69) is 30.7 Å². The molecule has 0 amide bonds. The van der Waals surface area contributed by atoms with Gasteiger partial charge in [0.25, 0.3) is 0 Å². The van der Waals surface area contributed by atoms with Crippen LogP contribution in [0.2, 0.25) is 5.02 Å². The van der Waals surface area contributed by atoms with E-state index in [1.807, 2.05) is 18.2 Å². The molecule has 0 spiro atoms. The zero-order chi connectivity index (χ0) is 14.0. The van der Waals surface area contributed by atoms with E-state index in [0.717, 1.165) is 0 Å². The Morgan fingerprint density at radius 3 is 2.68 bits per heavy atom. The molecule has 0 aliphatic carbocycles. The molecular formula is C14H16ClN3O. The Morgan fingerprint density at radius 1 is 1.32 bits per heavy atom. The second kappa shape index (κ2) is 5.45. The van der Waals surface area contributed by atoms with Crippen molar-refractivity contribution < 1.29 is 4.74 Å². The van der Waals surface area contributed by atoms with Crippen LogP contribution in [0.3, 0.4) is 0 Å². The van der Waals surface area contributed by atoms with Gasteiger partial charge in [0.2, 0.25) is 11.8 Å². The van der Waals surface area contributed by atoms with Crippen molar-refractivity contribution in [3.63, 3.8) is 0 Å². The Bertz CT molecular complexity index is 599. The Labute approximate surface area is 117 Å². The van der Waals surface area contributed by atoms with Gasteiger partial charge in [0.15, 0.2) is 0 Å². The summed E-state index contributed by atoms with van der Waals surface area (Å²) in [5.41, 5.74) is 7.98. The van der Waals surface area contributed by atoms with Crippen molar-refractivity contribution in [2.75, 3.05) is 5.73 Å². The van der Waals surface area contributed by atoms with Gasteiger partial charge in [0.05, 0.1) is 6.20 Å². The molecule has 0 fully saturated rings. The molecule has 4 nitrogen and oxygen atoms in total. The maximum absolute atomic E-state index is 5.96. The fraction of sp³-hybridized carbons (Fsp3) is 0.286. The average molecular weight is 278 g/mol. The number of nitrogen functional groups attached to an aromatic ring is 1. The van der Waals surface area contributed by atoms with E-state index in [1.165, 1.54) is 17.3 Å². The molecule has 0 unspecified atom stereocenters. The lowest BCUT2D eigenvalue weighted by Gasteiger charge is -2.12. The number of ether oxygens (including phenoxy) is 1. The highest BCUT2D eigenvalue weighted by molar-refractivity contribution is 6.31. The molecule has 2 aromatic rings. The number of hydrogen-bond acceptors (Lipinski definition) is 4. The van der Waals surface area contributed by atoms with Crippen LogP contribution in [0.4, 0.5) is 5.95 Å². The van der Waals surface area contributed by atoms with Crippen LogP contribution in [0.25, 0.3) is 0 Å². The molecule has 100 valence electrons. The number of nitrogens with two attached hydrogens (primary N) is 1. The summed E-state index contributed by atoms with van der Waals surface area (Å²) in [6, 6.07) is 5.91. The van der Waals surface area contributed by atoms with E-state index in [4.69, 9.17) is 22.1 Å². The maximum Gasteiger partial charge on any atom is 0.243 e. The third-order valence-corrected chi connectivity index (χ3v) is 3.07. The van der Waals surface area contributed by atoms with Crippen LogP contribution < -0.4 is 10.5 Å². The maximum atomic E-state index is 5.96. The van der Waals surface area contributed by atoms with E-state index in [1.54, 1.807) is 0 Å². The highest BCUT2D eigenvalue weighted by Crippen LogP contribution is 2.29. The zero-order valence-corrected chi connectivity index (χ0v) is 11.9. The molecule has 1 aromatic carbocycles. The Balaban J connectivity index is 2.29. The van der Waals surface area contributed by atoms with Gasteiger partial charge in [0, 0.05) is 0 Å².